The van der Waals surface area contributed by atoms with Crippen LogP contribution in [0.5, 0.6) is 0 Å². The van der Waals surface area contributed by atoms with Crippen molar-refractivity contribution in [1.82, 2.24) is 15.1 Å². The molecule has 4 unspecified atom stereocenters. The van der Waals surface area contributed by atoms with Crippen molar-refractivity contribution in [3.05, 3.63) is 141 Å². The summed E-state index contributed by atoms with van der Waals surface area (Å²) >= 11 is 5.99. The Morgan fingerprint density at radius 1 is 0.743 bits per heavy atom. The Morgan fingerprint density at radius 3 is 1.57 bits per heavy atom. The van der Waals surface area contributed by atoms with E-state index < -0.39 is 6.17 Å². The van der Waals surface area contributed by atoms with Crippen molar-refractivity contribution in [2.75, 3.05) is 46.4 Å². The predicted molar refractivity (Wildman–Crippen MR) is 310 cm³/mol. The van der Waals surface area contributed by atoms with E-state index in [1.165, 1.54) is 59.9 Å². The normalized spacial score (nSPS) is 14.7. The number of allylic oxidation sites excluding steroid dienone is 3. The lowest BCUT2D eigenvalue weighted by molar-refractivity contribution is 0.122. The van der Waals surface area contributed by atoms with E-state index >= 15 is 0 Å². The molecule has 4 N–H and O–H groups in total. The number of methoxy groups -OCH3 is 1. The van der Waals surface area contributed by atoms with Gasteiger partial charge in [0.25, 0.3) is 0 Å². The van der Waals surface area contributed by atoms with Crippen LogP contribution in [0, 0.1) is 17.6 Å². The van der Waals surface area contributed by atoms with Crippen molar-refractivity contribution in [3.8, 4) is 0 Å². The zero-order chi connectivity index (χ0) is 56.2. The number of nitrogens with two attached hydrogens (primary N) is 1. The molecule has 1 aliphatic rings. The molecule has 1 heterocycles. The molecule has 0 aromatic heterocycles. The van der Waals surface area contributed by atoms with Crippen molar-refractivity contribution in [2.24, 2.45) is 11.7 Å². The summed E-state index contributed by atoms with van der Waals surface area (Å²) in [7, 11) is 1.39. The minimum absolute atomic E-state index is 0.00767. The van der Waals surface area contributed by atoms with Gasteiger partial charge in [0.2, 0.25) is 0 Å². The maximum Gasteiger partial charge on any atom is 0.409 e. The highest BCUT2D eigenvalue weighted by atomic mass is 35.5. The molecule has 1 fully saturated rings. The summed E-state index contributed by atoms with van der Waals surface area (Å²) in [5, 5.41) is 13.4. The fourth-order valence-corrected chi connectivity index (χ4v) is 9.60. The van der Waals surface area contributed by atoms with E-state index in [4.69, 9.17) is 22.4 Å². The van der Waals surface area contributed by atoms with Crippen LogP contribution in [0.15, 0.2) is 108 Å². The van der Waals surface area contributed by atoms with Crippen LogP contribution in [0.4, 0.5) is 18.0 Å². The summed E-state index contributed by atoms with van der Waals surface area (Å²) in [6.07, 6.45) is 13.0. The second kappa shape index (κ2) is 34.7. The average molecular weight is 1050 g/mol. The first kappa shape index (κ1) is 68.1. The molecule has 3 aromatic carbocycles. The Labute approximate surface area is 453 Å². The number of rotatable bonds is 22. The number of ether oxygens (including phenoxy) is 1. The van der Waals surface area contributed by atoms with Gasteiger partial charge in [-0.15, -0.1) is 0 Å². The third-order valence-corrected chi connectivity index (χ3v) is 14.1. The van der Waals surface area contributed by atoms with Gasteiger partial charge in [0.15, 0.2) is 0 Å². The minimum atomic E-state index is -0.709. The second-order valence-corrected chi connectivity index (χ2v) is 23.2. The summed E-state index contributed by atoms with van der Waals surface area (Å²) in [5.41, 5.74) is 13.5. The monoisotopic (exact) mass is 1050 g/mol. The van der Waals surface area contributed by atoms with Crippen LogP contribution in [0.1, 0.15) is 172 Å². The second-order valence-electron chi connectivity index (χ2n) is 22.7. The highest BCUT2D eigenvalue weighted by Gasteiger charge is 2.31. The van der Waals surface area contributed by atoms with E-state index in [9.17, 15) is 18.0 Å². The molecule has 0 aliphatic carbocycles. The van der Waals surface area contributed by atoms with E-state index in [2.05, 4.69) is 115 Å². The number of aliphatic hydroxyl groups is 1. The Hall–Kier alpha value is -3.93. The number of amides is 1. The number of halogens is 4. The lowest BCUT2D eigenvalue weighted by Crippen LogP contribution is -2.43. The highest BCUT2D eigenvalue weighted by molar-refractivity contribution is 6.30. The molecule has 1 saturated heterocycles. The number of hydrogen-bond donors (Lipinski definition) is 3. The number of likely N-dealkylation sites (tertiary alicyclic amines) is 1. The summed E-state index contributed by atoms with van der Waals surface area (Å²) in [6.45, 7) is 36.3. The molecule has 74 heavy (non-hydrogen) atoms. The van der Waals surface area contributed by atoms with Crippen LogP contribution in [0.25, 0.3) is 0 Å². The smallest absolute Gasteiger partial charge is 0.409 e. The summed E-state index contributed by atoms with van der Waals surface area (Å²) in [5.74, 6) is 0.295. The number of nitrogens with one attached hydrogen (secondary N) is 1. The van der Waals surface area contributed by atoms with Gasteiger partial charge in [0.05, 0.1) is 7.11 Å². The topological polar surface area (TPSA) is 91.1 Å². The van der Waals surface area contributed by atoms with Gasteiger partial charge >= 0.3 is 6.09 Å². The molecule has 4 atom stereocenters. The van der Waals surface area contributed by atoms with Crippen molar-refractivity contribution >= 4 is 17.7 Å². The number of carbonyl (C=O) groups is 1. The highest BCUT2D eigenvalue weighted by Crippen LogP contribution is 2.34. The zero-order valence-electron chi connectivity index (χ0n) is 48.7. The molecule has 1 amide bonds. The first-order valence-corrected chi connectivity index (χ1v) is 27.5. The molecule has 1 aliphatic heterocycles. The molecule has 3 aromatic rings. The third-order valence-electron chi connectivity index (χ3n) is 13.8. The van der Waals surface area contributed by atoms with E-state index in [0.717, 1.165) is 49.4 Å². The van der Waals surface area contributed by atoms with Crippen LogP contribution < -0.4 is 11.1 Å². The van der Waals surface area contributed by atoms with Gasteiger partial charge in [0, 0.05) is 42.8 Å². The number of carbonyl (C=O) groups excluding carboxylic acids is 1. The first-order chi connectivity index (χ1) is 34.6. The molecular weight excluding hydrogens is 953 g/mol. The molecule has 0 spiro atoms. The van der Waals surface area contributed by atoms with Crippen LogP contribution in [0.2, 0.25) is 5.02 Å². The quantitative estimate of drug-likeness (QED) is 0.0869. The number of benzene rings is 3. The summed E-state index contributed by atoms with van der Waals surface area (Å²) in [4.78, 5) is 14.9. The van der Waals surface area contributed by atoms with Crippen LogP contribution in [-0.4, -0.2) is 91.7 Å². The van der Waals surface area contributed by atoms with Gasteiger partial charge < -0.3 is 25.8 Å². The number of hydrogen-bond acceptors (Lipinski definition) is 6. The molecule has 0 saturated carbocycles. The van der Waals surface area contributed by atoms with Crippen molar-refractivity contribution in [2.45, 2.75) is 196 Å². The summed E-state index contributed by atoms with van der Waals surface area (Å²) < 4.78 is 44.0. The average Bonchev–Trinajstić information content (AvgIpc) is 3.32. The fraction of sp³-hybridized carbons (Fsp3) is 0.603. The van der Waals surface area contributed by atoms with Gasteiger partial charge in [0.1, 0.15) is 17.8 Å². The Balaban J connectivity index is 0.000000519. The zero-order valence-corrected chi connectivity index (χ0v) is 49.4. The van der Waals surface area contributed by atoms with Crippen LogP contribution in [0.3, 0.4) is 0 Å². The molecule has 11 heteroatoms. The number of piperidine rings is 1. The summed E-state index contributed by atoms with van der Waals surface area (Å²) in [6, 6.07) is 22.4. The lowest BCUT2D eigenvalue weighted by atomic mass is 9.78. The third kappa shape index (κ3) is 27.2. The van der Waals surface area contributed by atoms with E-state index in [0.29, 0.717) is 51.0 Å². The lowest BCUT2D eigenvalue weighted by Gasteiger charge is -2.40. The number of alkyl halides is 1. The molecule has 4 rings (SSSR count). The SMILES string of the molecule is CC(C)=CC(CC(C)(C)c1ccc(F)cc1)N1CCC(CCO)CC1.CC(C)=CC(N)CC(C)(C)c1ccc(F)cc1.CCC(F)CCNC(C=C(C)C)CC(C)(C)c1ccc(Cl)cc1.CCN(CC)C(=O)OC. The van der Waals surface area contributed by atoms with Crippen molar-refractivity contribution in [3.63, 3.8) is 0 Å². The van der Waals surface area contributed by atoms with Crippen molar-refractivity contribution in [1.29, 1.82) is 0 Å². The van der Waals surface area contributed by atoms with Crippen LogP contribution in [-0.2, 0) is 21.0 Å². The number of nitrogens with zero attached hydrogens (tertiary/aromatic N) is 2. The number of aliphatic hydroxyl groups excluding tert-OH is 1. The van der Waals surface area contributed by atoms with Gasteiger partial charge in [-0.05, 0) is 202 Å². The van der Waals surface area contributed by atoms with E-state index in [1.807, 2.05) is 71.0 Å². The molecule has 0 bridgehead atoms. The van der Waals surface area contributed by atoms with Gasteiger partial charge in [-0.2, -0.15) is 0 Å². The molecule has 418 valence electrons. The van der Waals surface area contributed by atoms with E-state index in [1.54, 1.807) is 17.0 Å². The van der Waals surface area contributed by atoms with Gasteiger partial charge in [-0.3, -0.25) is 4.90 Å². The molecule has 0 radical (unpaired) electrons. The standard InChI is InChI=1S/C22H34FNO.C20H31ClFN.C15H22FN.C6H13NO2/c1-17(2)15-21(24-12-9-18(10-13-24)11-14-25)16-22(3,4)19-5-7-20(23)8-6-19;1-6-18(22)11-12-23-19(13-15(2)3)14-20(4,5)16-7-9-17(21)10-8-16;1-11(2)9-14(17)10-15(3,4)12-5-7-13(16)8-6-12;1-4-7(5-2)6(8)9-3/h5-8,15,18,21,25H,9-14,16H2,1-4H3;7-10,13,18-19,23H,6,11-12,14H2,1-5H3;5-9,14H,10,17H2,1-4H3;4-5H2,1-3H3. The maximum atomic E-state index is 13.4. The predicted octanol–water partition coefficient (Wildman–Crippen LogP) is 15.9. The van der Waals surface area contributed by atoms with Crippen molar-refractivity contribution < 1.29 is 27.8 Å². The first-order valence-electron chi connectivity index (χ1n) is 27.2. The van der Waals surface area contributed by atoms with Crippen LogP contribution >= 0.6 is 11.6 Å². The fourth-order valence-electron chi connectivity index (χ4n) is 9.47. The Morgan fingerprint density at radius 2 is 1.18 bits per heavy atom. The molecule has 7 nitrogen and oxygen atoms in total. The van der Waals surface area contributed by atoms with Gasteiger partial charge in [-0.25, -0.2) is 18.0 Å². The molecular formula is C63H100ClF3N4O3. The Kier molecular flexibility index (Phi) is 31.9. The minimum Gasteiger partial charge on any atom is -0.453 e. The van der Waals surface area contributed by atoms with E-state index in [-0.39, 0.29) is 46.1 Å². The largest absolute Gasteiger partial charge is 0.453 e. The maximum absolute atomic E-state index is 13.4. The van der Waals surface area contributed by atoms with Gasteiger partial charge in [-0.1, -0.05) is 131 Å². The Bertz CT molecular complexity index is 2080.